The molecule has 4 aromatic rings. The third kappa shape index (κ3) is 5.97. The number of anilines is 2. The van der Waals surface area contributed by atoms with Crippen LogP contribution in [0.15, 0.2) is 72.1 Å². The number of benzene rings is 3. The predicted molar refractivity (Wildman–Crippen MR) is 142 cm³/mol. The number of halogens is 1. The minimum atomic E-state index is -0.590. The van der Waals surface area contributed by atoms with E-state index in [4.69, 9.17) is 16.3 Å². The topological polar surface area (TPSA) is 97.4 Å². The second-order valence-electron chi connectivity index (χ2n) is 7.88. The van der Waals surface area contributed by atoms with Gasteiger partial charge in [-0.2, -0.15) is 0 Å². The maximum absolute atomic E-state index is 12.6. The largest absolute Gasteiger partial charge is 0.465 e. The zero-order valence-electron chi connectivity index (χ0n) is 19.5. The minimum Gasteiger partial charge on any atom is -0.465 e. The Morgan fingerprint density at radius 3 is 2.33 bits per heavy atom. The lowest BCUT2D eigenvalue weighted by Crippen LogP contribution is -2.17. The number of carbonyl (C=O) groups excluding carboxylic acids is 3. The molecule has 0 atom stereocenters. The van der Waals surface area contributed by atoms with Crippen LogP contribution < -0.4 is 10.6 Å². The summed E-state index contributed by atoms with van der Waals surface area (Å²) >= 11 is 7.92. The Hall–Kier alpha value is -4.01. The van der Waals surface area contributed by atoms with Crippen LogP contribution in [-0.4, -0.2) is 29.9 Å². The fourth-order valence-corrected chi connectivity index (χ4v) is 4.63. The van der Waals surface area contributed by atoms with Crippen molar-refractivity contribution in [2.45, 2.75) is 13.3 Å². The van der Waals surface area contributed by atoms with Crippen molar-refractivity contribution in [2.24, 2.45) is 0 Å². The lowest BCUT2D eigenvalue weighted by molar-refractivity contribution is -0.116. The van der Waals surface area contributed by atoms with Crippen LogP contribution in [0.3, 0.4) is 0 Å². The van der Waals surface area contributed by atoms with E-state index in [0.717, 1.165) is 22.4 Å². The van der Waals surface area contributed by atoms with Gasteiger partial charge in [-0.1, -0.05) is 66.2 Å². The van der Waals surface area contributed by atoms with Crippen LogP contribution in [0, 0.1) is 0 Å². The Kier molecular flexibility index (Phi) is 7.77. The van der Waals surface area contributed by atoms with E-state index in [9.17, 15) is 14.4 Å². The molecule has 1 heterocycles. The van der Waals surface area contributed by atoms with E-state index < -0.39 is 5.97 Å². The SMILES string of the molecule is COC(=O)c1cc(-c2ccc(-c3csc(NC(C)=O)n3)cc2)c(Cl)cc1NC(=O)Cc1ccccc1. The smallest absolute Gasteiger partial charge is 0.339 e. The summed E-state index contributed by atoms with van der Waals surface area (Å²) in [6.45, 7) is 1.43. The Balaban J connectivity index is 1.60. The van der Waals surface area contributed by atoms with Crippen molar-refractivity contribution < 1.29 is 19.1 Å². The first-order chi connectivity index (χ1) is 17.3. The molecule has 2 N–H and O–H groups in total. The first kappa shape index (κ1) is 25.1. The van der Waals surface area contributed by atoms with Crippen molar-refractivity contribution in [1.82, 2.24) is 4.98 Å². The molecule has 182 valence electrons. The number of aromatic nitrogens is 1. The minimum absolute atomic E-state index is 0.155. The monoisotopic (exact) mass is 519 g/mol. The van der Waals surface area contributed by atoms with E-state index in [1.54, 1.807) is 12.1 Å². The fourth-order valence-electron chi connectivity index (χ4n) is 3.59. The number of methoxy groups -OCH3 is 1. The van der Waals surface area contributed by atoms with Gasteiger partial charge in [0, 0.05) is 23.4 Å². The number of amides is 2. The summed E-state index contributed by atoms with van der Waals surface area (Å²) in [5.41, 5.74) is 4.30. The summed E-state index contributed by atoms with van der Waals surface area (Å²) in [5.74, 6) is -1.05. The van der Waals surface area contributed by atoms with Gasteiger partial charge in [-0.05, 0) is 23.3 Å². The third-order valence-electron chi connectivity index (χ3n) is 5.27. The molecule has 4 rings (SSSR count). The average Bonchev–Trinajstić information content (AvgIpc) is 3.32. The molecular weight excluding hydrogens is 498 g/mol. The number of carbonyl (C=O) groups is 3. The number of esters is 1. The van der Waals surface area contributed by atoms with E-state index >= 15 is 0 Å². The van der Waals surface area contributed by atoms with Crippen molar-refractivity contribution >= 4 is 51.5 Å². The zero-order valence-corrected chi connectivity index (χ0v) is 21.1. The van der Waals surface area contributed by atoms with Gasteiger partial charge < -0.3 is 15.4 Å². The molecule has 0 aliphatic carbocycles. The highest BCUT2D eigenvalue weighted by molar-refractivity contribution is 7.14. The molecule has 2 amide bonds. The molecule has 0 saturated heterocycles. The number of nitrogens with zero attached hydrogens (tertiary/aromatic N) is 1. The maximum atomic E-state index is 12.6. The van der Waals surface area contributed by atoms with Crippen LogP contribution >= 0.6 is 22.9 Å². The van der Waals surface area contributed by atoms with Crippen LogP contribution in [0.2, 0.25) is 5.02 Å². The van der Waals surface area contributed by atoms with Crippen molar-refractivity contribution in [1.29, 1.82) is 0 Å². The second-order valence-corrected chi connectivity index (χ2v) is 9.14. The highest BCUT2D eigenvalue weighted by Crippen LogP contribution is 2.35. The maximum Gasteiger partial charge on any atom is 0.339 e. The van der Waals surface area contributed by atoms with Crippen LogP contribution in [-0.2, 0) is 20.7 Å². The van der Waals surface area contributed by atoms with Gasteiger partial charge in [-0.25, -0.2) is 9.78 Å². The Bertz CT molecular complexity index is 1420. The van der Waals surface area contributed by atoms with Crippen LogP contribution in [0.1, 0.15) is 22.8 Å². The van der Waals surface area contributed by atoms with Gasteiger partial charge in [0.15, 0.2) is 5.13 Å². The molecule has 0 saturated carbocycles. The zero-order chi connectivity index (χ0) is 25.7. The van der Waals surface area contributed by atoms with Gasteiger partial charge in [-0.3, -0.25) is 9.59 Å². The molecule has 0 bridgehead atoms. The van der Waals surface area contributed by atoms with Crippen molar-refractivity contribution in [3.8, 4) is 22.4 Å². The molecule has 0 unspecified atom stereocenters. The molecule has 1 aromatic heterocycles. The standard InChI is InChI=1S/C27H22ClN3O4S/c1-16(32)29-27-31-24(15-36-27)19-10-8-18(9-11-19)20-13-21(26(34)35-2)23(14-22(20)28)30-25(33)12-17-6-4-3-5-7-17/h3-11,13-15H,12H2,1-2H3,(H,30,33)(H,29,31,32). The molecule has 0 aliphatic rings. The molecule has 36 heavy (non-hydrogen) atoms. The predicted octanol–water partition coefficient (Wildman–Crippen LogP) is 6.06. The molecule has 0 radical (unpaired) electrons. The molecule has 0 aliphatic heterocycles. The second kappa shape index (κ2) is 11.2. The normalized spacial score (nSPS) is 10.5. The van der Waals surface area contributed by atoms with Crippen LogP contribution in [0.25, 0.3) is 22.4 Å². The summed E-state index contributed by atoms with van der Waals surface area (Å²) < 4.78 is 4.94. The first-order valence-electron chi connectivity index (χ1n) is 10.9. The Morgan fingerprint density at radius 2 is 1.67 bits per heavy atom. The molecule has 0 spiro atoms. The Labute approximate surface area is 217 Å². The molecule has 9 heteroatoms. The number of ether oxygens (including phenoxy) is 1. The van der Waals surface area contributed by atoms with E-state index in [1.807, 2.05) is 60.0 Å². The molecule has 0 fully saturated rings. The Morgan fingerprint density at radius 1 is 0.972 bits per heavy atom. The van der Waals surface area contributed by atoms with Gasteiger partial charge in [0.1, 0.15) is 0 Å². The van der Waals surface area contributed by atoms with E-state index in [0.29, 0.717) is 15.7 Å². The van der Waals surface area contributed by atoms with Crippen molar-refractivity contribution in [2.75, 3.05) is 17.7 Å². The summed E-state index contributed by atoms with van der Waals surface area (Å²) in [7, 11) is 1.28. The molecular formula is C27H22ClN3O4S. The average molecular weight is 520 g/mol. The van der Waals surface area contributed by atoms with Gasteiger partial charge in [-0.15, -0.1) is 11.3 Å². The van der Waals surface area contributed by atoms with Gasteiger partial charge in [0.2, 0.25) is 11.8 Å². The summed E-state index contributed by atoms with van der Waals surface area (Å²) in [5, 5.41) is 8.20. The van der Waals surface area contributed by atoms with E-state index in [2.05, 4.69) is 15.6 Å². The van der Waals surface area contributed by atoms with E-state index in [1.165, 1.54) is 25.4 Å². The van der Waals surface area contributed by atoms with E-state index in [-0.39, 0.29) is 29.5 Å². The van der Waals surface area contributed by atoms with Crippen LogP contribution in [0.5, 0.6) is 0 Å². The summed E-state index contributed by atoms with van der Waals surface area (Å²) in [6, 6.07) is 20.0. The molecule has 7 nitrogen and oxygen atoms in total. The fraction of sp³-hybridized carbons (Fsp3) is 0.111. The molecule has 3 aromatic carbocycles. The first-order valence-corrected chi connectivity index (χ1v) is 12.2. The van der Waals surface area contributed by atoms with Crippen molar-refractivity contribution in [3.63, 3.8) is 0 Å². The lowest BCUT2D eigenvalue weighted by Gasteiger charge is -2.14. The highest BCUT2D eigenvalue weighted by Gasteiger charge is 2.19. The van der Waals surface area contributed by atoms with Gasteiger partial charge in [0.25, 0.3) is 0 Å². The van der Waals surface area contributed by atoms with Crippen molar-refractivity contribution in [3.05, 3.63) is 88.3 Å². The number of rotatable bonds is 7. The van der Waals surface area contributed by atoms with Gasteiger partial charge in [0.05, 0.1) is 35.5 Å². The highest BCUT2D eigenvalue weighted by atomic mass is 35.5. The van der Waals surface area contributed by atoms with Gasteiger partial charge >= 0.3 is 5.97 Å². The number of nitrogens with one attached hydrogen (secondary N) is 2. The quantitative estimate of drug-likeness (QED) is 0.289. The van der Waals surface area contributed by atoms with Crippen LogP contribution in [0.4, 0.5) is 10.8 Å². The number of hydrogen-bond donors (Lipinski definition) is 2. The number of thiazole rings is 1. The summed E-state index contributed by atoms with van der Waals surface area (Å²) in [4.78, 5) is 40.8. The lowest BCUT2D eigenvalue weighted by atomic mass is 9.99. The third-order valence-corrected chi connectivity index (χ3v) is 6.34. The summed E-state index contributed by atoms with van der Waals surface area (Å²) in [6.07, 6.45) is 0.155. The number of hydrogen-bond acceptors (Lipinski definition) is 6.